The first-order valence-corrected chi connectivity index (χ1v) is 11.2. The van der Waals surface area contributed by atoms with Gasteiger partial charge in [-0.2, -0.15) is 4.31 Å². The maximum absolute atomic E-state index is 13.1. The third-order valence-corrected chi connectivity index (χ3v) is 8.59. The molecule has 1 unspecified atom stereocenters. The van der Waals surface area contributed by atoms with Crippen molar-refractivity contribution in [1.82, 2.24) is 9.21 Å². The van der Waals surface area contributed by atoms with Gasteiger partial charge in [-0.1, -0.05) is 24.3 Å². The van der Waals surface area contributed by atoms with Crippen molar-refractivity contribution in [2.45, 2.75) is 43.0 Å². The van der Waals surface area contributed by atoms with Crippen molar-refractivity contribution in [2.24, 2.45) is 0 Å². The van der Waals surface area contributed by atoms with Crippen LogP contribution in [0.4, 0.5) is 0 Å². The maximum atomic E-state index is 13.1. The topological polar surface area (TPSA) is 57.7 Å². The van der Waals surface area contributed by atoms with Crippen molar-refractivity contribution in [2.75, 3.05) is 13.1 Å². The number of thiophene rings is 1. The second-order valence-corrected chi connectivity index (χ2v) is 10.3. The Bertz CT molecular complexity index is 936. The van der Waals surface area contributed by atoms with E-state index < -0.39 is 16.1 Å². The van der Waals surface area contributed by atoms with Gasteiger partial charge in [0.2, 0.25) is 5.91 Å². The minimum absolute atomic E-state index is 0.0612. The summed E-state index contributed by atoms with van der Waals surface area (Å²) in [6.07, 6.45) is 2.15. The van der Waals surface area contributed by atoms with E-state index in [1.807, 2.05) is 36.1 Å². The summed E-state index contributed by atoms with van der Waals surface area (Å²) in [5, 5.41) is 0. The van der Waals surface area contributed by atoms with E-state index in [2.05, 4.69) is 6.07 Å². The van der Waals surface area contributed by atoms with Crippen LogP contribution in [-0.2, 0) is 27.8 Å². The zero-order valence-corrected chi connectivity index (χ0v) is 16.4. The molecule has 0 aliphatic carbocycles. The maximum Gasteiger partial charge on any atom is 0.253 e. The molecular weight excluding hydrogens is 368 g/mol. The zero-order valence-electron chi connectivity index (χ0n) is 14.7. The average molecular weight is 391 g/mol. The van der Waals surface area contributed by atoms with Crippen LogP contribution in [0.3, 0.4) is 0 Å². The van der Waals surface area contributed by atoms with Crippen molar-refractivity contribution in [3.8, 4) is 0 Å². The molecule has 2 aliphatic heterocycles. The van der Waals surface area contributed by atoms with Gasteiger partial charge >= 0.3 is 0 Å². The normalized spacial score (nSPS) is 21.0. The molecule has 2 aromatic rings. The Balaban J connectivity index is 1.56. The van der Waals surface area contributed by atoms with Gasteiger partial charge in [-0.15, -0.1) is 11.3 Å². The monoisotopic (exact) mass is 390 g/mol. The van der Waals surface area contributed by atoms with Gasteiger partial charge in [0.05, 0.1) is 0 Å². The lowest BCUT2D eigenvalue weighted by molar-refractivity contribution is -0.135. The zero-order chi connectivity index (χ0) is 18.3. The van der Waals surface area contributed by atoms with Crippen LogP contribution in [0.5, 0.6) is 0 Å². The molecule has 138 valence electrons. The smallest absolute Gasteiger partial charge is 0.253 e. The number of benzene rings is 1. The van der Waals surface area contributed by atoms with Crippen LogP contribution >= 0.6 is 11.3 Å². The Morgan fingerprint density at radius 2 is 1.88 bits per heavy atom. The number of hydrogen-bond acceptors (Lipinski definition) is 4. The predicted octanol–water partition coefficient (Wildman–Crippen LogP) is 2.79. The van der Waals surface area contributed by atoms with Crippen LogP contribution in [0.1, 0.15) is 28.8 Å². The highest BCUT2D eigenvalue weighted by molar-refractivity contribution is 7.91. The van der Waals surface area contributed by atoms with Crippen LogP contribution in [0.15, 0.2) is 40.6 Å². The molecule has 3 heterocycles. The fourth-order valence-electron chi connectivity index (χ4n) is 3.84. The summed E-state index contributed by atoms with van der Waals surface area (Å²) in [7, 11) is -3.61. The van der Waals surface area contributed by atoms with E-state index >= 15 is 0 Å². The Morgan fingerprint density at radius 1 is 1.12 bits per heavy atom. The summed E-state index contributed by atoms with van der Waals surface area (Å²) in [6.45, 7) is 3.53. The molecular formula is C19H22N2O3S2. The number of nitrogens with zero attached hydrogens (tertiary/aromatic N) is 2. The largest absolute Gasteiger partial charge is 0.337 e. The van der Waals surface area contributed by atoms with E-state index in [9.17, 15) is 13.2 Å². The lowest BCUT2D eigenvalue weighted by Gasteiger charge is -2.33. The summed E-state index contributed by atoms with van der Waals surface area (Å²) in [5.74, 6) is -0.0612. The molecule has 1 aromatic heterocycles. The van der Waals surface area contributed by atoms with Gasteiger partial charge in [0, 0.05) is 24.5 Å². The van der Waals surface area contributed by atoms with Crippen LogP contribution in [-0.4, -0.2) is 42.7 Å². The standard InChI is InChI=1S/C19H22N2O3S2/c1-14-8-9-18(25-14)26(23,24)21-11-4-7-17(21)19(22)20-12-10-15-5-2-3-6-16(15)13-20/h2-3,5-6,8-9,17H,4,7,10-13H2,1H3. The summed E-state index contributed by atoms with van der Waals surface area (Å²) >= 11 is 1.27. The number of aryl methyl sites for hydroxylation is 1. The van der Waals surface area contributed by atoms with Gasteiger partial charge in [0.25, 0.3) is 10.0 Å². The van der Waals surface area contributed by atoms with Crippen molar-refractivity contribution in [1.29, 1.82) is 0 Å². The van der Waals surface area contributed by atoms with Crippen LogP contribution < -0.4 is 0 Å². The van der Waals surface area contributed by atoms with Crippen LogP contribution in [0.25, 0.3) is 0 Å². The molecule has 1 amide bonds. The first-order chi connectivity index (χ1) is 12.5. The molecule has 0 bridgehead atoms. The molecule has 0 radical (unpaired) electrons. The van der Waals surface area contributed by atoms with E-state index in [1.165, 1.54) is 21.2 Å². The molecule has 0 N–H and O–H groups in total. The average Bonchev–Trinajstić information content (AvgIpc) is 3.30. The second kappa shape index (κ2) is 6.79. The molecule has 2 aliphatic rings. The third kappa shape index (κ3) is 3.08. The third-order valence-electron chi connectivity index (χ3n) is 5.21. The van der Waals surface area contributed by atoms with Crippen molar-refractivity contribution in [3.05, 3.63) is 52.4 Å². The second-order valence-electron chi connectivity index (χ2n) is 6.92. The molecule has 4 rings (SSSR count). The van der Waals surface area contributed by atoms with Gasteiger partial charge in [0.15, 0.2) is 0 Å². The molecule has 7 heteroatoms. The quantitative estimate of drug-likeness (QED) is 0.810. The van der Waals surface area contributed by atoms with Gasteiger partial charge in [-0.25, -0.2) is 8.42 Å². The molecule has 26 heavy (non-hydrogen) atoms. The number of fused-ring (bicyclic) bond motifs is 1. The van der Waals surface area contributed by atoms with Gasteiger partial charge in [0.1, 0.15) is 10.3 Å². The molecule has 1 aromatic carbocycles. The highest BCUT2D eigenvalue weighted by Crippen LogP contribution is 2.31. The van der Waals surface area contributed by atoms with Gasteiger partial charge in [-0.05, 0) is 49.4 Å². The number of carbonyl (C=O) groups is 1. The van der Waals surface area contributed by atoms with Gasteiger partial charge < -0.3 is 4.90 Å². The number of carbonyl (C=O) groups excluding carboxylic acids is 1. The molecule has 1 saturated heterocycles. The summed E-state index contributed by atoms with van der Waals surface area (Å²) in [4.78, 5) is 15.9. The molecule has 0 spiro atoms. The summed E-state index contributed by atoms with van der Waals surface area (Å²) in [5.41, 5.74) is 2.44. The molecule has 1 atom stereocenters. The van der Waals surface area contributed by atoms with Crippen molar-refractivity contribution in [3.63, 3.8) is 0 Å². The van der Waals surface area contributed by atoms with Gasteiger partial charge in [-0.3, -0.25) is 4.79 Å². The van der Waals surface area contributed by atoms with E-state index in [1.54, 1.807) is 6.07 Å². The van der Waals surface area contributed by atoms with Crippen molar-refractivity contribution < 1.29 is 13.2 Å². The Hall–Kier alpha value is -1.70. The Morgan fingerprint density at radius 3 is 2.62 bits per heavy atom. The number of rotatable bonds is 3. The number of hydrogen-bond donors (Lipinski definition) is 0. The van der Waals surface area contributed by atoms with Crippen LogP contribution in [0, 0.1) is 6.92 Å². The highest BCUT2D eigenvalue weighted by Gasteiger charge is 2.42. The minimum atomic E-state index is -3.61. The fourth-order valence-corrected chi connectivity index (χ4v) is 6.90. The van der Waals surface area contributed by atoms with Crippen LogP contribution in [0.2, 0.25) is 0 Å². The SMILES string of the molecule is Cc1ccc(S(=O)(=O)N2CCCC2C(=O)N2CCc3ccccc3C2)s1. The lowest BCUT2D eigenvalue weighted by atomic mass is 9.99. The van der Waals surface area contributed by atoms with E-state index in [0.717, 1.165) is 23.3 Å². The fraction of sp³-hybridized carbons (Fsp3) is 0.421. The summed E-state index contributed by atoms with van der Waals surface area (Å²) < 4.78 is 27.8. The Labute approximate surface area is 158 Å². The predicted molar refractivity (Wildman–Crippen MR) is 102 cm³/mol. The van der Waals surface area contributed by atoms with E-state index in [-0.39, 0.29) is 5.91 Å². The van der Waals surface area contributed by atoms with E-state index in [0.29, 0.717) is 30.3 Å². The number of sulfonamides is 1. The summed E-state index contributed by atoms with van der Waals surface area (Å²) in [6, 6.07) is 11.0. The first-order valence-electron chi connectivity index (χ1n) is 8.90. The highest BCUT2D eigenvalue weighted by atomic mass is 32.2. The first kappa shape index (κ1) is 17.7. The molecule has 1 fully saturated rings. The molecule has 5 nitrogen and oxygen atoms in total. The van der Waals surface area contributed by atoms with Crippen molar-refractivity contribution >= 4 is 27.3 Å². The minimum Gasteiger partial charge on any atom is -0.337 e. The number of amides is 1. The lowest BCUT2D eigenvalue weighted by Crippen LogP contribution is -2.48. The van der Waals surface area contributed by atoms with E-state index in [4.69, 9.17) is 0 Å². The molecule has 0 saturated carbocycles. The Kier molecular flexibility index (Phi) is 4.62.